The largest absolute Gasteiger partial charge is 0.326 e. The second-order valence-corrected chi connectivity index (χ2v) is 6.64. The topological polar surface area (TPSA) is 72.2 Å². The molecule has 4 nitrogen and oxygen atoms in total. The molecule has 0 saturated heterocycles. The van der Waals surface area contributed by atoms with E-state index < -0.39 is 15.8 Å². The zero-order valence-corrected chi connectivity index (χ0v) is 12.9. The summed E-state index contributed by atoms with van der Waals surface area (Å²) in [5, 5.41) is -0.542. The number of benzene rings is 2. The molecular weight excluding hydrogens is 338 g/mol. The fourth-order valence-corrected chi connectivity index (χ4v) is 3.54. The number of nitrogens with one attached hydrogen (secondary N) is 1. The van der Waals surface area contributed by atoms with E-state index in [0.717, 1.165) is 12.1 Å². The first kappa shape index (κ1) is 16.0. The van der Waals surface area contributed by atoms with Gasteiger partial charge in [0.05, 0.1) is 20.6 Å². The maximum atomic E-state index is 13.3. The van der Waals surface area contributed by atoms with E-state index >= 15 is 0 Å². The molecule has 112 valence electrons. The normalized spacial score (nSPS) is 11.4. The van der Waals surface area contributed by atoms with Gasteiger partial charge in [-0.15, -0.1) is 0 Å². The second kappa shape index (κ2) is 6.19. The van der Waals surface area contributed by atoms with Gasteiger partial charge in [0.1, 0.15) is 0 Å². The summed E-state index contributed by atoms with van der Waals surface area (Å²) in [4.78, 5) is 0.0454. The molecule has 0 aliphatic rings. The van der Waals surface area contributed by atoms with Crippen LogP contribution in [-0.2, 0) is 16.6 Å². The van der Waals surface area contributed by atoms with Gasteiger partial charge in [-0.25, -0.2) is 12.8 Å². The molecule has 0 aliphatic heterocycles. The molecule has 21 heavy (non-hydrogen) atoms. The number of halogens is 3. The van der Waals surface area contributed by atoms with Gasteiger partial charge in [-0.2, -0.15) is 0 Å². The molecule has 0 aliphatic carbocycles. The van der Waals surface area contributed by atoms with E-state index in [-0.39, 0.29) is 27.2 Å². The van der Waals surface area contributed by atoms with E-state index in [4.69, 9.17) is 28.9 Å². The van der Waals surface area contributed by atoms with Gasteiger partial charge in [-0.3, -0.25) is 4.72 Å². The monoisotopic (exact) mass is 348 g/mol. The molecule has 8 heteroatoms. The lowest BCUT2D eigenvalue weighted by Gasteiger charge is -2.12. The Bertz CT molecular complexity index is 758. The summed E-state index contributed by atoms with van der Waals surface area (Å²) in [6, 6.07) is 8.60. The molecule has 0 spiro atoms. The van der Waals surface area contributed by atoms with Crippen molar-refractivity contribution in [1.82, 2.24) is 0 Å². The van der Waals surface area contributed by atoms with Crippen molar-refractivity contribution in [2.45, 2.75) is 11.4 Å². The average Bonchev–Trinajstić information content (AvgIpc) is 2.44. The Morgan fingerprint density at radius 2 is 1.71 bits per heavy atom. The summed E-state index contributed by atoms with van der Waals surface area (Å²) in [6.07, 6.45) is 0. The van der Waals surface area contributed by atoms with Crippen LogP contribution in [-0.4, -0.2) is 8.42 Å². The zero-order chi connectivity index (χ0) is 15.6. The number of hydrogen-bond donors (Lipinski definition) is 2. The minimum absolute atomic E-state index is 0.0454. The predicted octanol–water partition coefficient (Wildman–Crippen LogP) is 3.39. The summed E-state index contributed by atoms with van der Waals surface area (Å²) < 4.78 is 40.3. The predicted molar refractivity (Wildman–Crippen MR) is 81.6 cm³/mol. The van der Waals surface area contributed by atoms with Gasteiger partial charge in [0.2, 0.25) is 0 Å². The summed E-state index contributed by atoms with van der Waals surface area (Å²) in [7, 11) is -3.87. The highest BCUT2D eigenvalue weighted by Gasteiger charge is 2.19. The smallest absolute Gasteiger partial charge is 0.262 e. The highest BCUT2D eigenvalue weighted by molar-refractivity contribution is 7.92. The number of anilines is 1. The number of rotatable bonds is 4. The van der Waals surface area contributed by atoms with Crippen molar-refractivity contribution in [3.8, 4) is 0 Å². The molecule has 2 aromatic rings. The van der Waals surface area contributed by atoms with Crippen LogP contribution < -0.4 is 10.5 Å². The number of hydrogen-bond acceptors (Lipinski definition) is 3. The van der Waals surface area contributed by atoms with Gasteiger partial charge in [0, 0.05) is 6.54 Å². The first-order valence-corrected chi connectivity index (χ1v) is 8.04. The van der Waals surface area contributed by atoms with E-state index in [1.807, 2.05) is 0 Å². The Kier molecular flexibility index (Phi) is 4.73. The third kappa shape index (κ3) is 3.47. The van der Waals surface area contributed by atoms with Crippen molar-refractivity contribution in [2.24, 2.45) is 5.73 Å². The minimum atomic E-state index is -3.87. The van der Waals surface area contributed by atoms with E-state index in [2.05, 4.69) is 4.72 Å². The van der Waals surface area contributed by atoms with Gasteiger partial charge in [-0.1, -0.05) is 41.4 Å². The van der Waals surface area contributed by atoms with Crippen molar-refractivity contribution >= 4 is 38.9 Å². The summed E-state index contributed by atoms with van der Waals surface area (Å²) >= 11 is 11.3. The standard InChI is InChI=1S/C13H11Cl2FN2O2S/c14-10-5-9(6-11(15)13(10)16)18-21(19,20)12-4-2-1-3-8(12)7-17/h1-6,18H,7,17H2. The highest BCUT2D eigenvalue weighted by atomic mass is 35.5. The molecule has 0 aromatic heterocycles. The molecule has 0 heterocycles. The first-order valence-electron chi connectivity index (χ1n) is 5.80. The van der Waals surface area contributed by atoms with Gasteiger partial charge >= 0.3 is 0 Å². The van der Waals surface area contributed by atoms with Crippen LogP contribution >= 0.6 is 23.2 Å². The van der Waals surface area contributed by atoms with Crippen molar-refractivity contribution in [3.63, 3.8) is 0 Å². The minimum Gasteiger partial charge on any atom is -0.326 e. The van der Waals surface area contributed by atoms with E-state index in [9.17, 15) is 12.8 Å². The third-order valence-electron chi connectivity index (χ3n) is 2.72. The lowest BCUT2D eigenvalue weighted by Crippen LogP contribution is -2.16. The van der Waals surface area contributed by atoms with Crippen LogP contribution in [0.3, 0.4) is 0 Å². The summed E-state index contributed by atoms with van der Waals surface area (Å²) in [5.41, 5.74) is 6.05. The maximum absolute atomic E-state index is 13.3. The van der Waals surface area contributed by atoms with E-state index in [0.29, 0.717) is 5.56 Å². The van der Waals surface area contributed by atoms with Gasteiger partial charge in [-0.05, 0) is 23.8 Å². The SMILES string of the molecule is NCc1ccccc1S(=O)(=O)Nc1cc(Cl)c(F)c(Cl)c1. The van der Waals surface area contributed by atoms with Gasteiger partial charge in [0.25, 0.3) is 10.0 Å². The molecule has 0 bridgehead atoms. The molecular formula is C13H11Cl2FN2O2S. The lowest BCUT2D eigenvalue weighted by atomic mass is 10.2. The summed E-state index contributed by atoms with van der Waals surface area (Å²) in [6.45, 7) is 0.0714. The van der Waals surface area contributed by atoms with Crippen molar-refractivity contribution < 1.29 is 12.8 Å². The molecule has 3 N–H and O–H groups in total. The molecule has 0 fully saturated rings. The fourth-order valence-electron chi connectivity index (χ4n) is 1.76. The number of nitrogens with two attached hydrogens (primary N) is 1. The van der Waals surface area contributed by atoms with E-state index in [1.165, 1.54) is 6.07 Å². The molecule has 0 atom stereocenters. The average molecular weight is 349 g/mol. The Balaban J connectivity index is 2.42. The Morgan fingerprint density at radius 1 is 1.14 bits per heavy atom. The van der Waals surface area contributed by atoms with Crippen LogP contribution in [0, 0.1) is 5.82 Å². The maximum Gasteiger partial charge on any atom is 0.262 e. The zero-order valence-electron chi connectivity index (χ0n) is 10.6. The van der Waals surface area contributed by atoms with Gasteiger partial charge < -0.3 is 5.73 Å². The van der Waals surface area contributed by atoms with Crippen molar-refractivity contribution in [1.29, 1.82) is 0 Å². The van der Waals surface area contributed by atoms with Crippen molar-refractivity contribution in [3.05, 3.63) is 57.8 Å². The first-order chi connectivity index (χ1) is 9.85. The molecule has 0 radical (unpaired) electrons. The molecule has 2 rings (SSSR count). The van der Waals surface area contributed by atoms with Crippen LogP contribution in [0.4, 0.5) is 10.1 Å². The third-order valence-corrected chi connectivity index (χ3v) is 4.75. The molecule has 0 saturated carbocycles. The molecule has 0 unspecified atom stereocenters. The summed E-state index contributed by atoms with van der Waals surface area (Å²) in [5.74, 6) is -0.802. The van der Waals surface area contributed by atoms with E-state index in [1.54, 1.807) is 18.2 Å². The number of sulfonamides is 1. The Labute approximate surface area is 131 Å². The molecule has 2 aromatic carbocycles. The lowest BCUT2D eigenvalue weighted by molar-refractivity contribution is 0.600. The highest BCUT2D eigenvalue weighted by Crippen LogP contribution is 2.29. The second-order valence-electron chi connectivity index (χ2n) is 4.17. The van der Waals surface area contributed by atoms with Crippen molar-refractivity contribution in [2.75, 3.05) is 4.72 Å². The van der Waals surface area contributed by atoms with Gasteiger partial charge in [0.15, 0.2) is 5.82 Å². The van der Waals surface area contributed by atoms with Crippen LogP contribution in [0.15, 0.2) is 41.3 Å². The van der Waals surface area contributed by atoms with Crippen LogP contribution in [0.25, 0.3) is 0 Å². The fraction of sp³-hybridized carbons (Fsp3) is 0.0769. The Hall–Kier alpha value is -1.34. The van der Waals surface area contributed by atoms with Crippen LogP contribution in [0.1, 0.15) is 5.56 Å². The van der Waals surface area contributed by atoms with Crippen LogP contribution in [0.2, 0.25) is 10.0 Å². The quantitative estimate of drug-likeness (QED) is 0.831. The van der Waals surface area contributed by atoms with Crippen LogP contribution in [0.5, 0.6) is 0 Å². The Morgan fingerprint density at radius 3 is 2.29 bits per heavy atom. The molecule has 0 amide bonds.